The highest BCUT2D eigenvalue weighted by Crippen LogP contribution is 2.25. The second-order valence-corrected chi connectivity index (χ2v) is 5.10. The van der Waals surface area contributed by atoms with E-state index < -0.39 is 5.60 Å². The molecular weight excluding hydrogens is 254 g/mol. The molecule has 0 radical (unpaired) electrons. The molecule has 0 amide bonds. The zero-order chi connectivity index (χ0) is 14.6. The first kappa shape index (κ1) is 14.7. The van der Waals surface area contributed by atoms with Crippen molar-refractivity contribution >= 4 is 0 Å². The van der Waals surface area contributed by atoms with Gasteiger partial charge in [0.25, 0.3) is 5.89 Å². The summed E-state index contributed by atoms with van der Waals surface area (Å²) in [7, 11) is 0. The summed E-state index contributed by atoms with van der Waals surface area (Å²) in [4.78, 5) is 4.42. The van der Waals surface area contributed by atoms with Gasteiger partial charge in [-0.15, -0.1) is 0 Å². The van der Waals surface area contributed by atoms with Crippen LogP contribution in [0, 0.1) is 0 Å². The molecule has 0 saturated heterocycles. The fourth-order valence-electron chi connectivity index (χ4n) is 1.99. The SMILES string of the molecule is CCOC(C)(C)c1noc(-c2ccc(CCN)cc2)n1. The number of ether oxygens (including phenoxy) is 1. The van der Waals surface area contributed by atoms with Gasteiger partial charge in [0.05, 0.1) is 0 Å². The summed E-state index contributed by atoms with van der Waals surface area (Å²) >= 11 is 0. The molecule has 0 fully saturated rings. The Bertz CT molecular complexity index is 547. The van der Waals surface area contributed by atoms with Crippen molar-refractivity contribution in [2.24, 2.45) is 5.73 Å². The molecule has 5 heteroatoms. The number of hydrogen-bond acceptors (Lipinski definition) is 5. The standard InChI is InChI=1S/C15H21N3O2/c1-4-19-15(2,3)14-17-13(20-18-14)12-7-5-11(6-8-12)9-10-16/h5-8H,4,9-10,16H2,1-3H3. The van der Waals surface area contributed by atoms with Gasteiger partial charge in [0.15, 0.2) is 0 Å². The van der Waals surface area contributed by atoms with Crippen LogP contribution in [0.5, 0.6) is 0 Å². The molecule has 0 aliphatic heterocycles. The highest BCUT2D eigenvalue weighted by atomic mass is 16.5. The van der Waals surface area contributed by atoms with Crippen LogP contribution in [0.25, 0.3) is 11.5 Å². The first-order valence-corrected chi connectivity index (χ1v) is 6.84. The molecule has 0 spiro atoms. The Morgan fingerprint density at radius 1 is 1.25 bits per heavy atom. The predicted octanol–water partition coefficient (Wildman–Crippen LogP) is 2.51. The van der Waals surface area contributed by atoms with Crippen LogP contribution in [0.2, 0.25) is 0 Å². The second kappa shape index (κ2) is 6.15. The van der Waals surface area contributed by atoms with Crippen molar-refractivity contribution in [3.05, 3.63) is 35.7 Å². The fourth-order valence-corrected chi connectivity index (χ4v) is 1.99. The highest BCUT2D eigenvalue weighted by molar-refractivity contribution is 5.53. The van der Waals surface area contributed by atoms with Gasteiger partial charge in [-0.1, -0.05) is 17.3 Å². The monoisotopic (exact) mass is 275 g/mol. The van der Waals surface area contributed by atoms with Crippen LogP contribution in [-0.4, -0.2) is 23.3 Å². The van der Waals surface area contributed by atoms with Crippen molar-refractivity contribution in [2.45, 2.75) is 32.8 Å². The average Bonchev–Trinajstić information content (AvgIpc) is 2.90. The maximum atomic E-state index is 5.62. The van der Waals surface area contributed by atoms with E-state index in [-0.39, 0.29) is 0 Å². The third kappa shape index (κ3) is 3.23. The Labute approximate surface area is 119 Å². The largest absolute Gasteiger partial charge is 0.368 e. The smallest absolute Gasteiger partial charge is 0.258 e. The predicted molar refractivity (Wildman–Crippen MR) is 77.1 cm³/mol. The normalized spacial score (nSPS) is 11.8. The lowest BCUT2D eigenvalue weighted by Gasteiger charge is -2.19. The highest BCUT2D eigenvalue weighted by Gasteiger charge is 2.27. The molecule has 0 aliphatic rings. The summed E-state index contributed by atoms with van der Waals surface area (Å²) in [6, 6.07) is 7.99. The van der Waals surface area contributed by atoms with Crippen molar-refractivity contribution < 1.29 is 9.26 Å². The fraction of sp³-hybridized carbons (Fsp3) is 0.467. The molecule has 2 N–H and O–H groups in total. The Morgan fingerprint density at radius 2 is 1.95 bits per heavy atom. The summed E-state index contributed by atoms with van der Waals surface area (Å²) < 4.78 is 10.9. The van der Waals surface area contributed by atoms with Gasteiger partial charge in [-0.3, -0.25) is 0 Å². The Kier molecular flexibility index (Phi) is 4.52. The molecule has 1 heterocycles. The molecule has 20 heavy (non-hydrogen) atoms. The van der Waals surface area contributed by atoms with E-state index in [2.05, 4.69) is 10.1 Å². The summed E-state index contributed by atoms with van der Waals surface area (Å²) in [6.07, 6.45) is 0.868. The van der Waals surface area contributed by atoms with E-state index in [4.69, 9.17) is 15.0 Å². The van der Waals surface area contributed by atoms with E-state index in [1.54, 1.807) is 0 Å². The molecule has 1 aromatic carbocycles. The number of rotatable bonds is 6. The maximum Gasteiger partial charge on any atom is 0.258 e. The third-order valence-electron chi connectivity index (χ3n) is 3.10. The number of hydrogen-bond donors (Lipinski definition) is 1. The van der Waals surface area contributed by atoms with Gasteiger partial charge in [0.1, 0.15) is 5.60 Å². The minimum absolute atomic E-state index is 0.507. The molecule has 0 atom stereocenters. The summed E-state index contributed by atoms with van der Waals surface area (Å²) in [5.74, 6) is 1.06. The van der Waals surface area contributed by atoms with Gasteiger partial charge in [0.2, 0.25) is 5.82 Å². The minimum atomic E-state index is -0.546. The molecule has 2 rings (SSSR count). The van der Waals surface area contributed by atoms with Gasteiger partial charge in [-0.25, -0.2) is 0 Å². The maximum absolute atomic E-state index is 5.62. The van der Waals surface area contributed by atoms with Crippen LogP contribution in [-0.2, 0) is 16.8 Å². The van der Waals surface area contributed by atoms with Crippen LogP contribution in [0.1, 0.15) is 32.2 Å². The molecule has 108 valence electrons. The van der Waals surface area contributed by atoms with E-state index in [9.17, 15) is 0 Å². The summed E-state index contributed by atoms with van der Waals surface area (Å²) in [6.45, 7) is 7.04. The number of benzene rings is 1. The first-order valence-electron chi connectivity index (χ1n) is 6.84. The Hall–Kier alpha value is -1.72. The molecular formula is C15H21N3O2. The number of nitrogens with zero attached hydrogens (tertiary/aromatic N) is 2. The van der Waals surface area contributed by atoms with Crippen LogP contribution in [0.15, 0.2) is 28.8 Å². The second-order valence-electron chi connectivity index (χ2n) is 5.10. The molecule has 0 bridgehead atoms. The molecule has 1 aromatic heterocycles. The van der Waals surface area contributed by atoms with Crippen LogP contribution in [0.4, 0.5) is 0 Å². The van der Waals surface area contributed by atoms with Crippen molar-refractivity contribution in [3.8, 4) is 11.5 Å². The van der Waals surface area contributed by atoms with Gasteiger partial charge < -0.3 is 15.0 Å². The topological polar surface area (TPSA) is 74.2 Å². The van der Waals surface area contributed by atoms with Gasteiger partial charge >= 0.3 is 0 Å². The van der Waals surface area contributed by atoms with E-state index in [1.807, 2.05) is 45.0 Å². The van der Waals surface area contributed by atoms with E-state index in [1.165, 1.54) is 5.56 Å². The number of nitrogens with two attached hydrogens (primary N) is 1. The molecule has 5 nitrogen and oxygen atoms in total. The van der Waals surface area contributed by atoms with Crippen LogP contribution >= 0.6 is 0 Å². The Balaban J connectivity index is 2.20. The minimum Gasteiger partial charge on any atom is -0.368 e. The lowest BCUT2D eigenvalue weighted by atomic mass is 10.1. The van der Waals surface area contributed by atoms with E-state index >= 15 is 0 Å². The zero-order valence-corrected chi connectivity index (χ0v) is 12.2. The van der Waals surface area contributed by atoms with Gasteiger partial charge in [-0.05, 0) is 51.4 Å². The van der Waals surface area contributed by atoms with E-state index in [0.717, 1.165) is 12.0 Å². The lowest BCUT2D eigenvalue weighted by molar-refractivity contribution is -0.0221. The molecule has 0 unspecified atom stereocenters. The van der Waals surface area contributed by atoms with Gasteiger partial charge in [-0.2, -0.15) is 4.98 Å². The molecule has 2 aromatic rings. The van der Waals surface area contributed by atoms with Gasteiger partial charge in [0, 0.05) is 12.2 Å². The van der Waals surface area contributed by atoms with Crippen molar-refractivity contribution in [2.75, 3.05) is 13.2 Å². The lowest BCUT2D eigenvalue weighted by Crippen LogP contribution is -2.23. The van der Waals surface area contributed by atoms with E-state index in [0.29, 0.717) is 24.9 Å². The third-order valence-corrected chi connectivity index (χ3v) is 3.10. The Morgan fingerprint density at radius 3 is 2.55 bits per heavy atom. The number of aromatic nitrogens is 2. The van der Waals surface area contributed by atoms with Crippen LogP contribution < -0.4 is 5.73 Å². The average molecular weight is 275 g/mol. The quantitative estimate of drug-likeness (QED) is 0.876. The molecule has 0 aliphatic carbocycles. The van der Waals surface area contributed by atoms with Crippen LogP contribution in [0.3, 0.4) is 0 Å². The zero-order valence-electron chi connectivity index (χ0n) is 12.2. The van der Waals surface area contributed by atoms with Crippen molar-refractivity contribution in [3.63, 3.8) is 0 Å². The summed E-state index contributed by atoms with van der Waals surface area (Å²) in [5, 5.41) is 4.01. The summed E-state index contributed by atoms with van der Waals surface area (Å²) in [5.41, 5.74) is 7.09. The first-order chi connectivity index (χ1) is 9.56. The molecule has 0 saturated carbocycles. The van der Waals surface area contributed by atoms with Crippen molar-refractivity contribution in [1.29, 1.82) is 0 Å². The van der Waals surface area contributed by atoms with Crippen molar-refractivity contribution in [1.82, 2.24) is 10.1 Å².